The van der Waals surface area contributed by atoms with E-state index >= 15 is 0 Å². The van der Waals surface area contributed by atoms with Crippen LogP contribution in [0.1, 0.15) is 18.0 Å². The van der Waals surface area contributed by atoms with Gasteiger partial charge in [-0.15, -0.1) is 23.7 Å². The van der Waals surface area contributed by atoms with Gasteiger partial charge in [0, 0.05) is 12.5 Å². The van der Waals surface area contributed by atoms with Crippen molar-refractivity contribution >= 4 is 27.3 Å². The molecule has 1 aromatic heterocycles. The van der Waals surface area contributed by atoms with Crippen LogP contribution in [0, 0.1) is 12.3 Å². The summed E-state index contributed by atoms with van der Waals surface area (Å²) >= 11 is 4.99. The predicted octanol–water partition coefficient (Wildman–Crippen LogP) is 2.53. The van der Waals surface area contributed by atoms with Crippen molar-refractivity contribution in [3.8, 4) is 12.3 Å². The van der Waals surface area contributed by atoms with E-state index in [1.165, 1.54) is 0 Å². The summed E-state index contributed by atoms with van der Waals surface area (Å²) < 4.78 is 1.10. The quantitative estimate of drug-likeness (QED) is 0.776. The van der Waals surface area contributed by atoms with E-state index in [-0.39, 0.29) is 6.04 Å². The lowest BCUT2D eigenvalue weighted by atomic mass is 10.1. The third-order valence-electron chi connectivity index (χ3n) is 1.35. The van der Waals surface area contributed by atoms with Crippen LogP contribution >= 0.6 is 27.3 Å². The first kappa shape index (κ1) is 8.79. The molecule has 0 aliphatic carbocycles. The van der Waals surface area contributed by atoms with Crippen molar-refractivity contribution in [2.45, 2.75) is 12.5 Å². The Morgan fingerprint density at radius 2 is 2.55 bits per heavy atom. The Balaban J connectivity index is 2.70. The molecule has 0 fully saturated rings. The maximum absolute atomic E-state index is 5.76. The number of rotatable bonds is 2. The van der Waals surface area contributed by atoms with Crippen LogP contribution in [0.4, 0.5) is 0 Å². The van der Waals surface area contributed by atoms with Crippen LogP contribution in [-0.2, 0) is 0 Å². The van der Waals surface area contributed by atoms with Gasteiger partial charge in [0.25, 0.3) is 0 Å². The van der Waals surface area contributed by atoms with Crippen LogP contribution in [-0.4, -0.2) is 0 Å². The lowest BCUT2D eigenvalue weighted by molar-refractivity contribution is 0.758. The average molecular weight is 230 g/mol. The number of thiophene rings is 1. The van der Waals surface area contributed by atoms with Crippen molar-refractivity contribution in [2.75, 3.05) is 0 Å². The number of terminal acetylenes is 1. The molecule has 1 heterocycles. The van der Waals surface area contributed by atoms with Crippen LogP contribution in [0.15, 0.2) is 15.2 Å². The van der Waals surface area contributed by atoms with Crippen LogP contribution in [0.5, 0.6) is 0 Å². The summed E-state index contributed by atoms with van der Waals surface area (Å²) in [6, 6.07) is 2.00. The molecule has 1 nitrogen and oxygen atoms in total. The summed E-state index contributed by atoms with van der Waals surface area (Å²) in [6.07, 6.45) is 5.74. The predicted molar refractivity (Wildman–Crippen MR) is 52.4 cm³/mol. The Hall–Kier alpha value is -0.300. The fourth-order valence-corrected chi connectivity index (χ4v) is 2.00. The monoisotopic (exact) mass is 229 g/mol. The Morgan fingerprint density at radius 1 is 1.82 bits per heavy atom. The molecule has 0 amide bonds. The molecule has 0 aromatic carbocycles. The van der Waals surface area contributed by atoms with E-state index < -0.39 is 0 Å². The van der Waals surface area contributed by atoms with Crippen LogP contribution in [0.3, 0.4) is 0 Å². The first-order chi connectivity index (χ1) is 5.24. The maximum Gasteiger partial charge on any atom is 0.0701 e. The SMILES string of the molecule is C#CCC(N)c1csc(Br)c1. The zero-order valence-electron chi connectivity index (χ0n) is 5.88. The van der Waals surface area contributed by atoms with Gasteiger partial charge in [-0.25, -0.2) is 0 Å². The molecule has 3 heteroatoms. The molecular weight excluding hydrogens is 222 g/mol. The molecule has 2 N–H and O–H groups in total. The van der Waals surface area contributed by atoms with Gasteiger partial charge < -0.3 is 5.73 Å². The minimum Gasteiger partial charge on any atom is -0.323 e. The smallest absolute Gasteiger partial charge is 0.0701 e. The van der Waals surface area contributed by atoms with E-state index in [0.717, 1.165) is 9.35 Å². The molecule has 0 bridgehead atoms. The second-order valence-corrected chi connectivity index (χ2v) is 4.49. The molecular formula is C8H8BrNS. The first-order valence-electron chi connectivity index (χ1n) is 3.17. The normalized spacial score (nSPS) is 12.5. The second kappa shape index (κ2) is 3.91. The van der Waals surface area contributed by atoms with Gasteiger partial charge in [0.2, 0.25) is 0 Å². The molecule has 1 rings (SSSR count). The summed E-state index contributed by atoms with van der Waals surface area (Å²) in [4.78, 5) is 0. The minimum atomic E-state index is -0.0115. The largest absolute Gasteiger partial charge is 0.323 e. The Labute approximate surface area is 78.7 Å². The van der Waals surface area contributed by atoms with Crippen molar-refractivity contribution in [2.24, 2.45) is 5.73 Å². The maximum atomic E-state index is 5.76. The number of halogens is 1. The lowest BCUT2D eigenvalue weighted by Gasteiger charge is -2.02. The fraction of sp³-hybridized carbons (Fsp3) is 0.250. The summed E-state index contributed by atoms with van der Waals surface area (Å²) in [5, 5.41) is 2.02. The third kappa shape index (κ3) is 2.33. The van der Waals surface area contributed by atoms with Crippen molar-refractivity contribution in [1.29, 1.82) is 0 Å². The first-order valence-corrected chi connectivity index (χ1v) is 4.84. The third-order valence-corrected chi connectivity index (χ3v) is 2.88. The molecule has 0 radical (unpaired) electrons. The highest BCUT2D eigenvalue weighted by atomic mass is 79.9. The van der Waals surface area contributed by atoms with Gasteiger partial charge >= 0.3 is 0 Å². The molecule has 11 heavy (non-hydrogen) atoms. The number of hydrogen-bond acceptors (Lipinski definition) is 2. The van der Waals surface area contributed by atoms with Gasteiger partial charge in [0.05, 0.1) is 3.79 Å². The minimum absolute atomic E-state index is 0.0115. The van der Waals surface area contributed by atoms with Crippen LogP contribution in [0.2, 0.25) is 0 Å². The van der Waals surface area contributed by atoms with Crippen molar-refractivity contribution in [3.05, 3.63) is 20.8 Å². The fourth-order valence-electron chi connectivity index (χ4n) is 0.763. The van der Waals surface area contributed by atoms with Gasteiger partial charge in [-0.2, -0.15) is 0 Å². The van der Waals surface area contributed by atoms with Gasteiger partial charge in [0.15, 0.2) is 0 Å². The summed E-state index contributed by atoms with van der Waals surface area (Å²) in [6.45, 7) is 0. The van der Waals surface area contributed by atoms with Gasteiger partial charge in [-0.1, -0.05) is 0 Å². The topological polar surface area (TPSA) is 26.0 Å². The summed E-state index contributed by atoms with van der Waals surface area (Å²) in [5.41, 5.74) is 6.87. The van der Waals surface area contributed by atoms with E-state index in [1.54, 1.807) is 11.3 Å². The zero-order chi connectivity index (χ0) is 8.27. The Kier molecular flexibility index (Phi) is 3.13. The van der Waals surface area contributed by atoms with Gasteiger partial charge in [-0.3, -0.25) is 0 Å². The van der Waals surface area contributed by atoms with Gasteiger partial charge in [-0.05, 0) is 32.9 Å². The highest BCUT2D eigenvalue weighted by Crippen LogP contribution is 2.25. The molecule has 58 valence electrons. The van der Waals surface area contributed by atoms with Crippen LogP contribution < -0.4 is 5.73 Å². The van der Waals surface area contributed by atoms with E-state index in [0.29, 0.717) is 6.42 Å². The molecule has 0 aliphatic heterocycles. The zero-order valence-corrected chi connectivity index (χ0v) is 8.28. The summed E-state index contributed by atoms with van der Waals surface area (Å²) in [7, 11) is 0. The van der Waals surface area contributed by atoms with Crippen LogP contribution in [0.25, 0.3) is 0 Å². The molecule has 1 aromatic rings. The number of hydrogen-bond donors (Lipinski definition) is 1. The molecule has 0 aliphatic rings. The van der Waals surface area contributed by atoms with E-state index in [1.807, 2.05) is 11.4 Å². The highest BCUT2D eigenvalue weighted by molar-refractivity contribution is 9.11. The Bertz CT molecular complexity index is 274. The van der Waals surface area contributed by atoms with E-state index in [9.17, 15) is 0 Å². The molecule has 0 saturated heterocycles. The second-order valence-electron chi connectivity index (χ2n) is 2.20. The highest BCUT2D eigenvalue weighted by Gasteiger charge is 2.05. The lowest BCUT2D eigenvalue weighted by Crippen LogP contribution is -2.07. The molecule has 1 atom stereocenters. The molecule has 0 saturated carbocycles. The number of nitrogens with two attached hydrogens (primary N) is 1. The summed E-state index contributed by atoms with van der Waals surface area (Å²) in [5.74, 6) is 2.54. The molecule has 1 unspecified atom stereocenters. The van der Waals surface area contributed by atoms with Gasteiger partial charge in [0.1, 0.15) is 0 Å². The van der Waals surface area contributed by atoms with E-state index in [2.05, 4.69) is 21.9 Å². The average Bonchev–Trinajstić information content (AvgIpc) is 2.36. The van der Waals surface area contributed by atoms with Crippen molar-refractivity contribution in [3.63, 3.8) is 0 Å². The van der Waals surface area contributed by atoms with E-state index in [4.69, 9.17) is 12.2 Å². The van der Waals surface area contributed by atoms with Crippen molar-refractivity contribution in [1.82, 2.24) is 0 Å². The molecule has 0 spiro atoms. The Morgan fingerprint density at radius 3 is 3.00 bits per heavy atom. The standard InChI is InChI=1S/C8H8BrNS/c1-2-3-7(10)6-4-8(9)11-5-6/h1,4-5,7H,3,10H2. The van der Waals surface area contributed by atoms with Crippen molar-refractivity contribution < 1.29 is 0 Å².